The summed E-state index contributed by atoms with van der Waals surface area (Å²) in [5.74, 6) is 1.50. The van der Waals surface area contributed by atoms with Crippen molar-refractivity contribution in [3.8, 4) is 5.75 Å². The molecular formula is C16H19NO2. The second kappa shape index (κ2) is 5.74. The summed E-state index contributed by atoms with van der Waals surface area (Å²) in [7, 11) is 1.64. The molecule has 1 aromatic carbocycles. The highest BCUT2D eigenvalue weighted by Gasteiger charge is 2.25. The zero-order valence-corrected chi connectivity index (χ0v) is 11.4. The number of hydrogen-bond donors (Lipinski definition) is 0. The van der Waals surface area contributed by atoms with Gasteiger partial charge in [0.15, 0.2) is 0 Å². The highest BCUT2D eigenvalue weighted by atomic mass is 16.5. The van der Waals surface area contributed by atoms with Gasteiger partial charge in [0.2, 0.25) is 5.91 Å². The summed E-state index contributed by atoms with van der Waals surface area (Å²) in [4.78, 5) is 13.6. The van der Waals surface area contributed by atoms with Crippen molar-refractivity contribution in [1.29, 1.82) is 0 Å². The van der Waals surface area contributed by atoms with Crippen LogP contribution in [0.2, 0.25) is 0 Å². The Hall–Kier alpha value is -2.03. The van der Waals surface area contributed by atoms with Crippen molar-refractivity contribution in [1.82, 2.24) is 4.90 Å². The Morgan fingerprint density at radius 2 is 1.95 bits per heavy atom. The summed E-state index contributed by atoms with van der Waals surface area (Å²) >= 11 is 0. The third kappa shape index (κ3) is 3.25. The number of allylic oxidation sites excluding steroid dienone is 2. The van der Waals surface area contributed by atoms with Crippen LogP contribution in [0.4, 0.5) is 0 Å². The van der Waals surface area contributed by atoms with Crippen molar-refractivity contribution in [3.05, 3.63) is 48.6 Å². The van der Waals surface area contributed by atoms with Crippen LogP contribution in [0.15, 0.2) is 43.0 Å². The maximum atomic E-state index is 11.8. The predicted molar refractivity (Wildman–Crippen MR) is 76.9 cm³/mol. The molecule has 19 heavy (non-hydrogen) atoms. The zero-order valence-electron chi connectivity index (χ0n) is 11.4. The first kappa shape index (κ1) is 13.4. The lowest BCUT2D eigenvalue weighted by molar-refractivity contribution is -0.131. The first-order chi connectivity index (χ1) is 9.10. The fourth-order valence-corrected chi connectivity index (χ4v) is 2.06. The van der Waals surface area contributed by atoms with E-state index in [-0.39, 0.29) is 5.91 Å². The average Bonchev–Trinajstić information content (AvgIpc) is 2.41. The van der Waals surface area contributed by atoms with E-state index in [4.69, 9.17) is 4.74 Å². The van der Waals surface area contributed by atoms with Gasteiger partial charge < -0.3 is 9.64 Å². The molecule has 1 aliphatic heterocycles. The molecule has 0 atom stereocenters. The van der Waals surface area contributed by atoms with Gasteiger partial charge in [-0.3, -0.25) is 4.79 Å². The molecule has 3 heteroatoms. The van der Waals surface area contributed by atoms with Gasteiger partial charge in [-0.1, -0.05) is 25.6 Å². The van der Waals surface area contributed by atoms with Crippen molar-refractivity contribution in [2.24, 2.45) is 5.92 Å². The average molecular weight is 257 g/mol. The molecule has 1 amide bonds. The molecule has 3 nitrogen and oxygen atoms in total. The lowest BCUT2D eigenvalue weighted by Crippen LogP contribution is -2.47. The van der Waals surface area contributed by atoms with E-state index >= 15 is 0 Å². The van der Waals surface area contributed by atoms with E-state index in [1.807, 2.05) is 29.2 Å². The molecule has 1 aromatic rings. The van der Waals surface area contributed by atoms with Crippen molar-refractivity contribution in [2.45, 2.75) is 6.92 Å². The van der Waals surface area contributed by atoms with E-state index in [2.05, 4.69) is 13.5 Å². The Balaban J connectivity index is 1.94. The first-order valence-electron chi connectivity index (χ1n) is 6.40. The number of rotatable bonds is 4. The Labute approximate surface area is 114 Å². The summed E-state index contributed by atoms with van der Waals surface area (Å²) in [6.45, 7) is 7.83. The Morgan fingerprint density at radius 3 is 2.47 bits per heavy atom. The van der Waals surface area contributed by atoms with Gasteiger partial charge in [0.05, 0.1) is 7.11 Å². The maximum absolute atomic E-state index is 11.8. The molecule has 1 saturated heterocycles. The third-order valence-corrected chi connectivity index (χ3v) is 3.26. The van der Waals surface area contributed by atoms with Gasteiger partial charge >= 0.3 is 0 Å². The molecule has 0 unspecified atom stereocenters. The lowest BCUT2D eigenvalue weighted by Gasteiger charge is -2.36. The number of nitrogens with zero attached hydrogens (tertiary/aromatic N) is 1. The van der Waals surface area contributed by atoms with Crippen molar-refractivity contribution in [3.63, 3.8) is 0 Å². The van der Waals surface area contributed by atoms with E-state index in [0.29, 0.717) is 5.92 Å². The van der Waals surface area contributed by atoms with Crippen molar-refractivity contribution >= 4 is 11.5 Å². The van der Waals surface area contributed by atoms with Gasteiger partial charge in [-0.25, -0.2) is 0 Å². The fraction of sp³-hybridized carbons (Fsp3) is 0.312. The summed E-state index contributed by atoms with van der Waals surface area (Å²) in [5.41, 5.74) is 1.81. The number of amides is 1. The SMILES string of the molecule is C=C(/C=C/C(=O)N1CC(C)C1)c1ccc(OC)cc1. The van der Waals surface area contributed by atoms with Crippen LogP contribution < -0.4 is 4.74 Å². The van der Waals surface area contributed by atoms with Gasteiger partial charge in [-0.2, -0.15) is 0 Å². The maximum Gasteiger partial charge on any atom is 0.246 e. The minimum atomic E-state index is 0.0627. The quantitative estimate of drug-likeness (QED) is 0.613. The van der Waals surface area contributed by atoms with E-state index in [1.165, 1.54) is 0 Å². The van der Waals surface area contributed by atoms with Crippen molar-refractivity contribution in [2.75, 3.05) is 20.2 Å². The molecule has 0 saturated carbocycles. The molecule has 1 aliphatic rings. The molecule has 1 fully saturated rings. The van der Waals surface area contributed by atoms with Gasteiger partial charge in [0.1, 0.15) is 5.75 Å². The monoisotopic (exact) mass is 257 g/mol. The van der Waals surface area contributed by atoms with Gasteiger partial charge in [-0.15, -0.1) is 0 Å². The summed E-state index contributed by atoms with van der Waals surface area (Å²) in [6, 6.07) is 7.63. The Bertz CT molecular complexity index is 496. The fourth-order valence-electron chi connectivity index (χ4n) is 2.06. The van der Waals surface area contributed by atoms with E-state index in [1.54, 1.807) is 19.3 Å². The second-order valence-electron chi connectivity index (χ2n) is 4.94. The molecular weight excluding hydrogens is 238 g/mol. The van der Waals surface area contributed by atoms with Crippen LogP contribution in [-0.2, 0) is 4.79 Å². The zero-order chi connectivity index (χ0) is 13.8. The molecule has 0 aliphatic carbocycles. The predicted octanol–water partition coefficient (Wildman–Crippen LogP) is 2.74. The van der Waals surface area contributed by atoms with Crippen LogP contribution in [0, 0.1) is 5.92 Å². The number of methoxy groups -OCH3 is 1. The van der Waals surface area contributed by atoms with Crippen LogP contribution in [0.1, 0.15) is 12.5 Å². The minimum Gasteiger partial charge on any atom is -0.497 e. The van der Waals surface area contributed by atoms with Gasteiger partial charge in [0.25, 0.3) is 0 Å². The minimum absolute atomic E-state index is 0.0627. The Morgan fingerprint density at radius 1 is 1.32 bits per heavy atom. The highest BCUT2D eigenvalue weighted by Crippen LogP contribution is 2.19. The molecule has 0 N–H and O–H groups in total. The highest BCUT2D eigenvalue weighted by molar-refractivity contribution is 5.91. The smallest absolute Gasteiger partial charge is 0.246 e. The molecule has 100 valence electrons. The Kier molecular flexibility index (Phi) is 4.05. The normalized spacial score (nSPS) is 15.4. The summed E-state index contributed by atoms with van der Waals surface area (Å²) < 4.78 is 5.10. The van der Waals surface area contributed by atoms with E-state index < -0.39 is 0 Å². The molecule has 0 radical (unpaired) electrons. The summed E-state index contributed by atoms with van der Waals surface area (Å²) in [6.07, 6.45) is 3.37. The van der Waals surface area contributed by atoms with Gasteiger partial charge in [0, 0.05) is 19.2 Å². The number of carbonyl (C=O) groups is 1. The van der Waals surface area contributed by atoms with Crippen LogP contribution in [0.5, 0.6) is 5.75 Å². The molecule has 0 spiro atoms. The number of likely N-dealkylation sites (tertiary alicyclic amines) is 1. The number of ether oxygens (including phenoxy) is 1. The van der Waals surface area contributed by atoms with Gasteiger partial charge in [-0.05, 0) is 35.3 Å². The lowest BCUT2D eigenvalue weighted by atomic mass is 10.0. The second-order valence-corrected chi connectivity index (χ2v) is 4.94. The largest absolute Gasteiger partial charge is 0.497 e. The third-order valence-electron chi connectivity index (χ3n) is 3.26. The number of benzene rings is 1. The number of hydrogen-bond acceptors (Lipinski definition) is 2. The summed E-state index contributed by atoms with van der Waals surface area (Å²) in [5, 5.41) is 0. The number of carbonyl (C=O) groups excluding carboxylic acids is 1. The van der Waals surface area contributed by atoms with E-state index in [0.717, 1.165) is 30.0 Å². The standard InChI is InChI=1S/C16H19NO2/c1-12-10-17(11-12)16(18)9-4-13(2)14-5-7-15(19-3)8-6-14/h4-9,12H,2,10-11H2,1,3H3/b9-4+. The first-order valence-corrected chi connectivity index (χ1v) is 6.40. The molecule has 0 aromatic heterocycles. The van der Waals surface area contributed by atoms with Crippen LogP contribution >= 0.6 is 0 Å². The van der Waals surface area contributed by atoms with E-state index in [9.17, 15) is 4.79 Å². The van der Waals surface area contributed by atoms with Crippen LogP contribution in [0.3, 0.4) is 0 Å². The molecule has 2 rings (SSSR count). The van der Waals surface area contributed by atoms with Crippen LogP contribution in [0.25, 0.3) is 5.57 Å². The molecule has 1 heterocycles. The molecule has 0 bridgehead atoms. The topological polar surface area (TPSA) is 29.5 Å². The van der Waals surface area contributed by atoms with Crippen molar-refractivity contribution < 1.29 is 9.53 Å². The van der Waals surface area contributed by atoms with Crippen LogP contribution in [-0.4, -0.2) is 31.0 Å².